The van der Waals surface area contributed by atoms with E-state index in [1.807, 2.05) is 24.3 Å². The fraction of sp³-hybridized carbons (Fsp3) is 0.0811. The van der Waals surface area contributed by atoms with Gasteiger partial charge < -0.3 is 4.57 Å². The molecule has 0 spiro atoms. The van der Waals surface area contributed by atoms with Crippen LogP contribution < -0.4 is 0 Å². The van der Waals surface area contributed by atoms with Crippen LogP contribution in [0.4, 0.5) is 0 Å². The van der Waals surface area contributed by atoms with Crippen molar-refractivity contribution >= 4 is 21.8 Å². The Bertz CT molecular complexity index is 2070. The second kappa shape index (κ2) is 8.49. The van der Waals surface area contributed by atoms with Gasteiger partial charge in [-0.15, -0.1) is 0 Å². The second-order valence-corrected chi connectivity index (χ2v) is 11.1. The number of benzene rings is 5. The van der Waals surface area contributed by atoms with Crippen molar-refractivity contribution in [2.45, 2.75) is 19.3 Å². The summed E-state index contributed by atoms with van der Waals surface area (Å²) in [4.78, 5) is 10.2. The molecule has 3 heteroatoms. The summed E-state index contributed by atoms with van der Waals surface area (Å²) in [5.74, 6) is 0.739. The first kappa shape index (κ1) is 22.9. The van der Waals surface area contributed by atoms with Crippen LogP contribution in [-0.2, 0) is 5.41 Å². The summed E-state index contributed by atoms with van der Waals surface area (Å²) in [5.41, 5.74) is 11.6. The Kier molecular flexibility index (Phi) is 4.86. The van der Waals surface area contributed by atoms with Crippen molar-refractivity contribution in [1.82, 2.24) is 14.5 Å². The molecule has 0 N–H and O–H groups in total. The minimum atomic E-state index is -0.143. The van der Waals surface area contributed by atoms with E-state index in [1.165, 1.54) is 33.3 Å². The molecule has 1 aliphatic carbocycles. The molecule has 40 heavy (non-hydrogen) atoms. The highest BCUT2D eigenvalue weighted by atomic mass is 15.0. The van der Waals surface area contributed by atoms with E-state index in [-0.39, 0.29) is 5.41 Å². The van der Waals surface area contributed by atoms with Crippen LogP contribution in [0.1, 0.15) is 25.1 Å². The molecule has 0 atom stereocenters. The summed E-state index contributed by atoms with van der Waals surface area (Å²) in [5, 5.41) is 2.33. The maximum absolute atomic E-state index is 5.14. The van der Waals surface area contributed by atoms with Gasteiger partial charge in [-0.05, 0) is 35.4 Å². The molecule has 8 rings (SSSR count). The van der Waals surface area contributed by atoms with Gasteiger partial charge in [0.2, 0.25) is 0 Å². The van der Waals surface area contributed by atoms with E-state index in [0.717, 1.165) is 39.2 Å². The summed E-state index contributed by atoms with van der Waals surface area (Å²) in [6, 6.07) is 45.0. The van der Waals surface area contributed by atoms with Crippen LogP contribution in [0.3, 0.4) is 0 Å². The number of aromatic nitrogens is 3. The molecule has 190 valence electrons. The van der Waals surface area contributed by atoms with E-state index >= 15 is 0 Å². The summed E-state index contributed by atoms with van der Waals surface area (Å²) in [6.45, 7) is 4.69. The van der Waals surface area contributed by atoms with Crippen molar-refractivity contribution in [3.63, 3.8) is 0 Å². The summed E-state index contributed by atoms with van der Waals surface area (Å²) >= 11 is 0. The molecule has 0 saturated heterocycles. The molecule has 7 aromatic rings. The van der Waals surface area contributed by atoms with E-state index < -0.39 is 0 Å². The molecular weight excluding hydrogens is 486 g/mol. The molecule has 0 radical (unpaired) electrons. The molecule has 5 aromatic carbocycles. The molecular formula is C37H27N3. The molecule has 2 aromatic heterocycles. The number of hydrogen-bond acceptors (Lipinski definition) is 2. The quantitative estimate of drug-likeness (QED) is 0.236. The Balaban J connectivity index is 1.43. The maximum Gasteiger partial charge on any atom is 0.160 e. The van der Waals surface area contributed by atoms with Crippen LogP contribution in [-0.4, -0.2) is 14.5 Å². The summed E-state index contributed by atoms with van der Waals surface area (Å²) < 4.78 is 2.46. The highest BCUT2D eigenvalue weighted by Gasteiger charge is 2.40. The fourth-order valence-corrected chi connectivity index (χ4v) is 6.53. The largest absolute Gasteiger partial charge is 0.312 e. The van der Waals surface area contributed by atoms with E-state index in [4.69, 9.17) is 9.97 Å². The highest BCUT2D eigenvalue weighted by Crippen LogP contribution is 2.53. The lowest BCUT2D eigenvalue weighted by atomic mass is 9.85. The van der Waals surface area contributed by atoms with Gasteiger partial charge in [-0.1, -0.05) is 117 Å². The van der Waals surface area contributed by atoms with E-state index in [2.05, 4.69) is 122 Å². The van der Waals surface area contributed by atoms with Crippen molar-refractivity contribution in [1.29, 1.82) is 0 Å². The van der Waals surface area contributed by atoms with Gasteiger partial charge in [0.1, 0.15) is 0 Å². The highest BCUT2D eigenvalue weighted by molar-refractivity contribution is 6.04. The van der Waals surface area contributed by atoms with Gasteiger partial charge in [-0.2, -0.15) is 0 Å². The normalized spacial score (nSPS) is 13.4. The monoisotopic (exact) mass is 513 g/mol. The second-order valence-electron chi connectivity index (χ2n) is 11.1. The Labute approximate surface area is 233 Å². The van der Waals surface area contributed by atoms with E-state index in [9.17, 15) is 0 Å². The van der Waals surface area contributed by atoms with Crippen LogP contribution in [0, 0.1) is 0 Å². The molecule has 3 nitrogen and oxygen atoms in total. The maximum atomic E-state index is 5.14. The zero-order valence-corrected chi connectivity index (χ0v) is 22.5. The van der Waals surface area contributed by atoms with Gasteiger partial charge in [0.05, 0.1) is 16.7 Å². The van der Waals surface area contributed by atoms with Crippen LogP contribution in [0.15, 0.2) is 127 Å². The fourth-order valence-electron chi connectivity index (χ4n) is 6.53. The van der Waals surface area contributed by atoms with E-state index in [1.54, 1.807) is 0 Å². The standard InChI is InChI=1S/C37H27N3/c1-37(2)30-19-11-9-17-27(30)33-28-18-10-12-20-32(28)40(35(33)37)26-21-22-31-29(23-26)34(24-13-5-3-6-14-24)39-36(38-31)25-15-7-4-8-16-25/h3-23H,1-2H3. The van der Waals surface area contributed by atoms with Gasteiger partial charge in [0.15, 0.2) is 5.82 Å². The van der Waals surface area contributed by atoms with Crippen LogP contribution in [0.25, 0.3) is 61.3 Å². The molecule has 1 aliphatic rings. The molecule has 0 unspecified atom stereocenters. The summed E-state index contributed by atoms with van der Waals surface area (Å²) in [6.07, 6.45) is 0. The van der Waals surface area contributed by atoms with Crippen molar-refractivity contribution in [3.05, 3.63) is 139 Å². The van der Waals surface area contributed by atoms with Gasteiger partial charge >= 0.3 is 0 Å². The lowest BCUT2D eigenvalue weighted by molar-refractivity contribution is 0.624. The lowest BCUT2D eigenvalue weighted by Crippen LogP contribution is -2.19. The van der Waals surface area contributed by atoms with Gasteiger partial charge in [-0.3, -0.25) is 0 Å². The average molecular weight is 514 g/mol. The lowest BCUT2D eigenvalue weighted by Gasteiger charge is -2.25. The Morgan fingerprint density at radius 3 is 2.08 bits per heavy atom. The van der Waals surface area contributed by atoms with Crippen molar-refractivity contribution < 1.29 is 0 Å². The molecule has 0 aliphatic heterocycles. The number of para-hydroxylation sites is 1. The first-order valence-corrected chi connectivity index (χ1v) is 13.8. The number of rotatable bonds is 3. The molecule has 0 bridgehead atoms. The van der Waals surface area contributed by atoms with Gasteiger partial charge in [0, 0.05) is 44.3 Å². The number of fused-ring (bicyclic) bond motifs is 6. The molecule has 0 saturated carbocycles. The third-order valence-electron chi connectivity index (χ3n) is 8.35. The van der Waals surface area contributed by atoms with E-state index in [0.29, 0.717) is 0 Å². The predicted octanol–water partition coefficient (Wildman–Crippen LogP) is 9.21. The number of nitrogens with zero attached hydrogens (tertiary/aromatic N) is 3. The van der Waals surface area contributed by atoms with Gasteiger partial charge in [-0.25, -0.2) is 9.97 Å². The topological polar surface area (TPSA) is 30.7 Å². The van der Waals surface area contributed by atoms with Crippen molar-refractivity contribution in [2.75, 3.05) is 0 Å². The smallest absolute Gasteiger partial charge is 0.160 e. The predicted molar refractivity (Wildman–Crippen MR) is 165 cm³/mol. The van der Waals surface area contributed by atoms with Crippen LogP contribution in [0.5, 0.6) is 0 Å². The number of hydrogen-bond donors (Lipinski definition) is 0. The van der Waals surface area contributed by atoms with Crippen LogP contribution in [0.2, 0.25) is 0 Å². The summed E-state index contributed by atoms with van der Waals surface area (Å²) in [7, 11) is 0. The third kappa shape index (κ3) is 3.24. The SMILES string of the molecule is CC1(C)c2ccccc2-c2c1n(-c1ccc3nc(-c4ccccc4)nc(-c4ccccc4)c3c1)c1ccccc21. The molecule has 2 heterocycles. The van der Waals surface area contributed by atoms with Crippen molar-refractivity contribution in [2.24, 2.45) is 0 Å². The Morgan fingerprint density at radius 2 is 1.27 bits per heavy atom. The van der Waals surface area contributed by atoms with Crippen molar-refractivity contribution in [3.8, 4) is 39.5 Å². The molecule has 0 amide bonds. The van der Waals surface area contributed by atoms with Gasteiger partial charge in [0.25, 0.3) is 0 Å². The first-order valence-electron chi connectivity index (χ1n) is 13.8. The van der Waals surface area contributed by atoms with Crippen LogP contribution >= 0.6 is 0 Å². The third-order valence-corrected chi connectivity index (χ3v) is 8.35. The Hall–Kier alpha value is -5.02. The minimum absolute atomic E-state index is 0.143. The molecule has 0 fully saturated rings. The first-order chi connectivity index (χ1) is 19.6. The zero-order chi connectivity index (χ0) is 26.8. The minimum Gasteiger partial charge on any atom is -0.312 e. The zero-order valence-electron chi connectivity index (χ0n) is 22.5. The Morgan fingerprint density at radius 1 is 0.600 bits per heavy atom. The average Bonchev–Trinajstić information content (AvgIpc) is 3.48.